The molecule has 8 heteroatoms. The number of carbonyl (C=O) groups is 2. The summed E-state index contributed by atoms with van der Waals surface area (Å²) in [4.78, 5) is 28.9. The summed E-state index contributed by atoms with van der Waals surface area (Å²) in [5, 5.41) is 16.7. The fourth-order valence-electron chi connectivity index (χ4n) is 2.11. The van der Waals surface area contributed by atoms with Crippen LogP contribution in [-0.2, 0) is 4.84 Å². The maximum Gasteiger partial charge on any atom is 0.362 e. The number of halogens is 1. The Morgan fingerprint density at radius 3 is 2.11 bits per heavy atom. The van der Waals surface area contributed by atoms with Crippen LogP contribution in [0.5, 0.6) is 5.75 Å². The molecule has 0 saturated carbocycles. The molecule has 3 aromatic carbocycles. The first-order chi connectivity index (χ1) is 13.5. The highest BCUT2D eigenvalue weighted by molar-refractivity contribution is 9.10. The van der Waals surface area contributed by atoms with Gasteiger partial charge in [0, 0.05) is 10.0 Å². The first-order valence-electron chi connectivity index (χ1n) is 8.09. The van der Waals surface area contributed by atoms with Gasteiger partial charge in [-0.15, -0.1) is 10.2 Å². The highest BCUT2D eigenvalue weighted by Gasteiger charge is 2.07. The molecule has 0 radical (unpaired) electrons. The number of anilines is 1. The van der Waals surface area contributed by atoms with Crippen LogP contribution in [0.4, 0.5) is 11.4 Å². The van der Waals surface area contributed by atoms with Crippen molar-refractivity contribution in [2.45, 2.75) is 0 Å². The number of aromatic hydroxyl groups is 1. The predicted octanol–water partition coefficient (Wildman–Crippen LogP) is 5.26. The summed E-state index contributed by atoms with van der Waals surface area (Å²) in [7, 11) is 0. The number of carbonyl (C=O) groups excluding carboxylic acids is 2. The molecule has 0 atom stereocenters. The second-order valence-corrected chi connectivity index (χ2v) is 6.51. The van der Waals surface area contributed by atoms with Gasteiger partial charge in [0.15, 0.2) is 0 Å². The molecule has 2 N–H and O–H groups in total. The lowest BCUT2D eigenvalue weighted by molar-refractivity contribution is 0.0596. The van der Waals surface area contributed by atoms with E-state index in [-0.39, 0.29) is 5.75 Å². The summed E-state index contributed by atoms with van der Waals surface area (Å²) in [5.41, 5.74) is 4.28. The minimum Gasteiger partial charge on any atom is -0.508 e. The van der Waals surface area contributed by atoms with E-state index in [0.29, 0.717) is 22.5 Å². The molecule has 3 aromatic rings. The van der Waals surface area contributed by atoms with Crippen LogP contribution >= 0.6 is 15.9 Å². The van der Waals surface area contributed by atoms with Gasteiger partial charge in [-0.1, -0.05) is 15.9 Å². The number of benzene rings is 3. The Labute approximate surface area is 168 Å². The highest BCUT2D eigenvalue weighted by atomic mass is 79.9. The maximum absolute atomic E-state index is 11.9. The molecule has 0 unspecified atom stereocenters. The average molecular weight is 440 g/mol. The van der Waals surface area contributed by atoms with Crippen molar-refractivity contribution in [3.8, 4) is 5.75 Å². The van der Waals surface area contributed by atoms with Gasteiger partial charge in [0.05, 0.1) is 16.9 Å². The van der Waals surface area contributed by atoms with Gasteiger partial charge in [-0.05, 0) is 72.8 Å². The number of rotatable bonds is 5. The van der Waals surface area contributed by atoms with Gasteiger partial charge < -0.3 is 9.94 Å². The number of phenolic OH excluding ortho intramolecular Hbond substituents is 1. The topological polar surface area (TPSA) is 100 Å². The molecule has 0 spiro atoms. The first-order valence-corrected chi connectivity index (χ1v) is 8.88. The van der Waals surface area contributed by atoms with Crippen LogP contribution in [0, 0.1) is 0 Å². The third-order valence-electron chi connectivity index (χ3n) is 3.58. The fraction of sp³-hybridized carbons (Fsp3) is 0. The van der Waals surface area contributed by atoms with Gasteiger partial charge >= 0.3 is 5.97 Å². The molecule has 0 fully saturated rings. The maximum atomic E-state index is 11.9. The molecular formula is C20H14BrN3O4. The minimum atomic E-state index is -0.523. The molecule has 0 aliphatic rings. The Hall–Kier alpha value is -3.52. The number of phenols is 1. The highest BCUT2D eigenvalue weighted by Crippen LogP contribution is 2.18. The van der Waals surface area contributed by atoms with Crippen LogP contribution in [0.3, 0.4) is 0 Å². The van der Waals surface area contributed by atoms with Crippen LogP contribution in [0.1, 0.15) is 20.7 Å². The lowest BCUT2D eigenvalue weighted by Crippen LogP contribution is -2.10. The third kappa shape index (κ3) is 5.24. The quantitative estimate of drug-likeness (QED) is 0.416. The molecule has 0 aliphatic heterocycles. The monoisotopic (exact) mass is 439 g/mol. The Kier molecular flexibility index (Phi) is 6.13. The van der Waals surface area contributed by atoms with E-state index in [1.807, 2.05) is 0 Å². The zero-order valence-electron chi connectivity index (χ0n) is 14.4. The number of hydrogen-bond donors (Lipinski definition) is 2. The molecule has 0 aromatic heterocycles. The van der Waals surface area contributed by atoms with Crippen molar-refractivity contribution in [2.24, 2.45) is 10.2 Å². The van der Waals surface area contributed by atoms with Crippen LogP contribution in [0.2, 0.25) is 0 Å². The molecule has 140 valence electrons. The van der Waals surface area contributed by atoms with E-state index in [1.54, 1.807) is 48.5 Å². The van der Waals surface area contributed by atoms with Gasteiger partial charge in [-0.3, -0.25) is 4.79 Å². The van der Waals surface area contributed by atoms with Gasteiger partial charge in [0.25, 0.3) is 5.91 Å². The van der Waals surface area contributed by atoms with Gasteiger partial charge in [-0.25, -0.2) is 10.3 Å². The second-order valence-electron chi connectivity index (χ2n) is 5.60. The number of nitrogens with one attached hydrogen (secondary N) is 1. The predicted molar refractivity (Wildman–Crippen MR) is 107 cm³/mol. The molecule has 0 bridgehead atoms. The van der Waals surface area contributed by atoms with Crippen molar-refractivity contribution >= 4 is 39.2 Å². The molecule has 3 rings (SSSR count). The van der Waals surface area contributed by atoms with Crippen molar-refractivity contribution in [1.29, 1.82) is 0 Å². The first kappa shape index (κ1) is 19.2. The molecular weight excluding hydrogens is 426 g/mol. The van der Waals surface area contributed by atoms with Crippen LogP contribution in [0.15, 0.2) is 87.5 Å². The van der Waals surface area contributed by atoms with E-state index in [1.165, 1.54) is 24.3 Å². The largest absolute Gasteiger partial charge is 0.508 e. The average Bonchev–Trinajstić information content (AvgIpc) is 2.72. The van der Waals surface area contributed by atoms with Crippen molar-refractivity contribution in [1.82, 2.24) is 0 Å². The summed E-state index contributed by atoms with van der Waals surface area (Å²) in [6.07, 6.45) is 0. The smallest absolute Gasteiger partial charge is 0.362 e. The minimum absolute atomic E-state index is 0.0670. The molecule has 1 amide bonds. The Balaban J connectivity index is 1.55. The molecule has 0 heterocycles. The van der Waals surface area contributed by atoms with E-state index in [2.05, 4.69) is 31.6 Å². The number of amides is 1. The molecule has 7 nitrogen and oxygen atoms in total. The van der Waals surface area contributed by atoms with Gasteiger partial charge in [0.2, 0.25) is 0 Å². The summed E-state index contributed by atoms with van der Waals surface area (Å²) >= 11 is 3.30. The van der Waals surface area contributed by atoms with Crippen molar-refractivity contribution in [2.75, 3.05) is 5.48 Å². The van der Waals surface area contributed by atoms with Gasteiger partial charge in [0.1, 0.15) is 5.75 Å². The molecule has 0 aliphatic carbocycles. The summed E-state index contributed by atoms with van der Waals surface area (Å²) in [6.45, 7) is 0. The normalized spacial score (nSPS) is 10.6. The lowest BCUT2D eigenvalue weighted by Gasteiger charge is -2.07. The van der Waals surface area contributed by atoms with Crippen molar-refractivity contribution < 1.29 is 19.5 Å². The zero-order chi connectivity index (χ0) is 19.9. The SMILES string of the molecule is O=C(N=Nc1ccc(NOC(=O)c2ccc(Br)cc2)cc1)c1ccc(O)cc1. The summed E-state index contributed by atoms with van der Waals surface area (Å²) in [5.74, 6) is -0.973. The number of azo groups is 1. The fourth-order valence-corrected chi connectivity index (χ4v) is 2.38. The number of hydrogen-bond acceptors (Lipinski definition) is 6. The van der Waals surface area contributed by atoms with Crippen LogP contribution in [0.25, 0.3) is 0 Å². The Bertz CT molecular complexity index is 1000. The number of nitrogens with zero attached hydrogens (tertiary/aromatic N) is 2. The van der Waals surface area contributed by atoms with Crippen LogP contribution < -0.4 is 5.48 Å². The van der Waals surface area contributed by atoms with E-state index in [4.69, 9.17) is 4.84 Å². The van der Waals surface area contributed by atoms with Gasteiger partial charge in [-0.2, -0.15) is 0 Å². The summed E-state index contributed by atoms with van der Waals surface area (Å²) in [6, 6.07) is 19.0. The Morgan fingerprint density at radius 1 is 0.857 bits per heavy atom. The van der Waals surface area contributed by atoms with E-state index < -0.39 is 11.9 Å². The van der Waals surface area contributed by atoms with Crippen molar-refractivity contribution in [3.05, 3.63) is 88.4 Å². The lowest BCUT2D eigenvalue weighted by atomic mass is 10.2. The van der Waals surface area contributed by atoms with Crippen LogP contribution in [-0.4, -0.2) is 17.0 Å². The molecule has 0 saturated heterocycles. The zero-order valence-corrected chi connectivity index (χ0v) is 16.0. The van der Waals surface area contributed by atoms with Crippen molar-refractivity contribution in [3.63, 3.8) is 0 Å². The van der Waals surface area contributed by atoms with E-state index in [9.17, 15) is 14.7 Å². The Morgan fingerprint density at radius 2 is 1.46 bits per heavy atom. The third-order valence-corrected chi connectivity index (χ3v) is 4.11. The van der Waals surface area contributed by atoms with E-state index in [0.717, 1.165) is 4.47 Å². The van der Waals surface area contributed by atoms with E-state index >= 15 is 0 Å². The standard InChI is InChI=1S/C20H14BrN3O4/c21-15-5-1-14(2-6-15)20(27)28-24-17-9-7-16(8-10-17)22-23-19(26)13-3-11-18(25)12-4-13/h1-12,24-25H. The second kappa shape index (κ2) is 8.92. The summed E-state index contributed by atoms with van der Waals surface area (Å²) < 4.78 is 0.866. The molecule has 28 heavy (non-hydrogen) atoms.